The van der Waals surface area contributed by atoms with Gasteiger partial charge in [-0.05, 0) is 17.2 Å². The lowest BCUT2D eigenvalue weighted by molar-refractivity contribution is 0.693. The lowest BCUT2D eigenvalue weighted by Crippen LogP contribution is -2.06. The molecule has 24 heavy (non-hydrogen) atoms. The van der Waals surface area contributed by atoms with Gasteiger partial charge in [-0.1, -0.05) is 66.7 Å². The first kappa shape index (κ1) is 15.0. The van der Waals surface area contributed by atoms with E-state index >= 15 is 0 Å². The Labute approximate surface area is 144 Å². The van der Waals surface area contributed by atoms with Crippen LogP contribution in [-0.2, 0) is 6.54 Å². The highest BCUT2D eigenvalue weighted by Crippen LogP contribution is 2.35. The molecule has 0 amide bonds. The standard InChI is InChI=1S/C20H17N3S/c21-20(14-7-2-1-3-8-14)23-22-13-15-9-6-11-17-16-10-4-5-12-18(16)24-19(15)17/h1-12,20H,13,21H2/b23-22-. The maximum absolute atomic E-state index is 6.08. The van der Waals surface area contributed by atoms with Gasteiger partial charge in [-0.15, -0.1) is 11.3 Å². The topological polar surface area (TPSA) is 50.7 Å². The maximum atomic E-state index is 6.08. The third-order valence-electron chi connectivity index (χ3n) is 4.07. The Morgan fingerprint density at radius 1 is 0.833 bits per heavy atom. The molecule has 1 aromatic heterocycles. The van der Waals surface area contributed by atoms with Crippen LogP contribution in [0.15, 0.2) is 83.0 Å². The van der Waals surface area contributed by atoms with Gasteiger partial charge < -0.3 is 5.73 Å². The Kier molecular flexibility index (Phi) is 4.07. The van der Waals surface area contributed by atoms with E-state index in [-0.39, 0.29) is 0 Å². The van der Waals surface area contributed by atoms with E-state index < -0.39 is 6.17 Å². The van der Waals surface area contributed by atoms with E-state index in [1.807, 2.05) is 41.7 Å². The van der Waals surface area contributed by atoms with E-state index in [0.29, 0.717) is 6.54 Å². The molecule has 4 rings (SSSR count). The summed E-state index contributed by atoms with van der Waals surface area (Å²) in [5.74, 6) is 0. The highest BCUT2D eigenvalue weighted by Gasteiger charge is 2.08. The Morgan fingerprint density at radius 3 is 2.46 bits per heavy atom. The van der Waals surface area contributed by atoms with Crippen LogP contribution in [0.4, 0.5) is 0 Å². The predicted molar refractivity (Wildman–Crippen MR) is 101 cm³/mol. The van der Waals surface area contributed by atoms with Crippen molar-refractivity contribution in [3.05, 3.63) is 83.9 Å². The molecule has 0 saturated heterocycles. The van der Waals surface area contributed by atoms with Gasteiger partial charge in [0.1, 0.15) is 6.17 Å². The highest BCUT2D eigenvalue weighted by molar-refractivity contribution is 7.26. The molecule has 0 radical (unpaired) electrons. The van der Waals surface area contributed by atoms with Crippen molar-refractivity contribution in [3.8, 4) is 0 Å². The van der Waals surface area contributed by atoms with Crippen LogP contribution < -0.4 is 5.73 Å². The number of rotatable bonds is 4. The summed E-state index contributed by atoms with van der Waals surface area (Å²) < 4.78 is 2.59. The van der Waals surface area contributed by atoms with Crippen LogP contribution in [0.25, 0.3) is 20.2 Å². The third-order valence-corrected chi connectivity index (χ3v) is 5.34. The molecule has 0 spiro atoms. The van der Waals surface area contributed by atoms with Crippen LogP contribution in [0.2, 0.25) is 0 Å². The molecule has 1 atom stereocenters. The molecule has 4 aromatic rings. The summed E-state index contributed by atoms with van der Waals surface area (Å²) in [5.41, 5.74) is 8.24. The molecule has 0 aliphatic carbocycles. The molecule has 4 heteroatoms. The number of hydrogen-bond acceptors (Lipinski definition) is 4. The Bertz CT molecular complexity index is 1010. The van der Waals surface area contributed by atoms with Crippen molar-refractivity contribution in [1.29, 1.82) is 0 Å². The molecular formula is C20H17N3S. The summed E-state index contributed by atoms with van der Waals surface area (Å²) in [6.45, 7) is 0.546. The molecule has 1 unspecified atom stereocenters. The van der Waals surface area contributed by atoms with Crippen molar-refractivity contribution in [2.75, 3.05) is 0 Å². The molecule has 1 heterocycles. The minimum absolute atomic E-state index is 0.409. The molecule has 0 bridgehead atoms. The molecule has 3 nitrogen and oxygen atoms in total. The predicted octanol–water partition coefficient (Wildman–Crippen LogP) is 5.66. The lowest BCUT2D eigenvalue weighted by Gasteiger charge is -2.05. The molecule has 118 valence electrons. The summed E-state index contributed by atoms with van der Waals surface area (Å²) in [6.07, 6.45) is -0.409. The monoisotopic (exact) mass is 331 g/mol. The second-order valence-electron chi connectivity index (χ2n) is 5.66. The molecule has 0 saturated carbocycles. The molecule has 0 fully saturated rings. The van der Waals surface area contributed by atoms with Crippen LogP contribution in [0.5, 0.6) is 0 Å². The van der Waals surface area contributed by atoms with Crippen LogP contribution in [0, 0.1) is 0 Å². The fourth-order valence-corrected chi connectivity index (χ4v) is 4.06. The number of azo groups is 1. The Balaban J connectivity index is 1.62. The van der Waals surface area contributed by atoms with Gasteiger partial charge in [0, 0.05) is 20.2 Å². The van der Waals surface area contributed by atoms with Crippen molar-refractivity contribution >= 4 is 31.5 Å². The number of benzene rings is 3. The van der Waals surface area contributed by atoms with Crippen LogP contribution in [-0.4, -0.2) is 0 Å². The smallest absolute Gasteiger partial charge is 0.144 e. The van der Waals surface area contributed by atoms with E-state index in [9.17, 15) is 0 Å². The van der Waals surface area contributed by atoms with Gasteiger partial charge in [-0.3, -0.25) is 0 Å². The highest BCUT2D eigenvalue weighted by atomic mass is 32.1. The minimum Gasteiger partial charge on any atom is -0.304 e. The van der Waals surface area contributed by atoms with Gasteiger partial charge in [0.05, 0.1) is 6.54 Å². The number of fused-ring (bicyclic) bond motifs is 3. The van der Waals surface area contributed by atoms with Crippen molar-refractivity contribution in [2.24, 2.45) is 16.0 Å². The average molecular weight is 331 g/mol. The molecule has 0 aliphatic rings. The van der Waals surface area contributed by atoms with Gasteiger partial charge in [0.2, 0.25) is 0 Å². The summed E-state index contributed by atoms with van der Waals surface area (Å²) in [6, 6.07) is 24.7. The van der Waals surface area contributed by atoms with Gasteiger partial charge in [0.25, 0.3) is 0 Å². The van der Waals surface area contributed by atoms with Crippen LogP contribution in [0.3, 0.4) is 0 Å². The normalized spacial score (nSPS) is 13.0. The van der Waals surface area contributed by atoms with E-state index in [2.05, 4.69) is 52.7 Å². The third kappa shape index (κ3) is 2.82. The van der Waals surface area contributed by atoms with Crippen LogP contribution >= 0.6 is 11.3 Å². The average Bonchev–Trinajstić information content (AvgIpc) is 3.02. The van der Waals surface area contributed by atoms with Crippen molar-refractivity contribution in [1.82, 2.24) is 0 Å². The maximum Gasteiger partial charge on any atom is 0.144 e. The second kappa shape index (κ2) is 6.51. The first-order valence-corrected chi connectivity index (χ1v) is 8.71. The van der Waals surface area contributed by atoms with E-state index in [1.165, 1.54) is 25.7 Å². The molecule has 2 N–H and O–H groups in total. The summed E-state index contributed by atoms with van der Waals surface area (Å²) in [4.78, 5) is 0. The fourth-order valence-electron chi connectivity index (χ4n) is 2.85. The largest absolute Gasteiger partial charge is 0.304 e. The zero-order valence-corrected chi connectivity index (χ0v) is 13.9. The van der Waals surface area contributed by atoms with Gasteiger partial charge >= 0.3 is 0 Å². The molecular weight excluding hydrogens is 314 g/mol. The van der Waals surface area contributed by atoms with E-state index in [0.717, 1.165) is 5.56 Å². The quantitative estimate of drug-likeness (QED) is 0.482. The number of hydrogen-bond donors (Lipinski definition) is 1. The van der Waals surface area contributed by atoms with Crippen LogP contribution in [0.1, 0.15) is 17.3 Å². The van der Waals surface area contributed by atoms with Crippen molar-refractivity contribution in [3.63, 3.8) is 0 Å². The lowest BCUT2D eigenvalue weighted by atomic mass is 10.1. The molecule has 3 aromatic carbocycles. The Hall–Kier alpha value is -2.56. The van der Waals surface area contributed by atoms with Gasteiger partial charge in [-0.25, -0.2) is 0 Å². The number of thiophene rings is 1. The Morgan fingerprint density at radius 2 is 1.58 bits per heavy atom. The zero-order chi connectivity index (χ0) is 16.4. The zero-order valence-electron chi connectivity index (χ0n) is 13.1. The van der Waals surface area contributed by atoms with Gasteiger partial charge in [-0.2, -0.15) is 10.2 Å². The van der Waals surface area contributed by atoms with E-state index in [4.69, 9.17) is 5.73 Å². The summed E-state index contributed by atoms with van der Waals surface area (Å²) in [5, 5.41) is 11.2. The SMILES string of the molecule is NC(/N=N\Cc1cccc2c1sc1ccccc12)c1ccccc1. The van der Waals surface area contributed by atoms with Gasteiger partial charge in [0.15, 0.2) is 0 Å². The van der Waals surface area contributed by atoms with E-state index in [1.54, 1.807) is 0 Å². The molecule has 0 aliphatic heterocycles. The first-order valence-electron chi connectivity index (χ1n) is 7.89. The van der Waals surface area contributed by atoms with Crippen molar-refractivity contribution < 1.29 is 0 Å². The summed E-state index contributed by atoms with van der Waals surface area (Å²) in [7, 11) is 0. The number of nitrogens with two attached hydrogens (primary N) is 1. The first-order chi connectivity index (χ1) is 11.8. The van der Waals surface area contributed by atoms with Crippen molar-refractivity contribution in [2.45, 2.75) is 12.7 Å². The number of nitrogens with zero attached hydrogens (tertiary/aromatic N) is 2. The summed E-state index contributed by atoms with van der Waals surface area (Å²) >= 11 is 1.81. The minimum atomic E-state index is -0.409. The second-order valence-corrected chi connectivity index (χ2v) is 6.71. The fraction of sp³-hybridized carbons (Fsp3) is 0.100.